The van der Waals surface area contributed by atoms with Crippen LogP contribution in [0.2, 0.25) is 0 Å². The number of hydrogen-bond acceptors (Lipinski definition) is 1. The minimum Gasteiger partial charge on any atom is -0.294 e. The third kappa shape index (κ3) is 3.38. The van der Waals surface area contributed by atoms with Gasteiger partial charge in [0.1, 0.15) is 0 Å². The minimum atomic E-state index is 0.257. The van der Waals surface area contributed by atoms with Gasteiger partial charge in [-0.15, -0.1) is 0 Å². The molecule has 104 valence electrons. The van der Waals surface area contributed by atoms with Crippen LogP contribution in [0.25, 0.3) is 12.2 Å². The van der Waals surface area contributed by atoms with Crippen LogP contribution in [-0.4, -0.2) is 5.78 Å². The minimum absolute atomic E-state index is 0.257. The van der Waals surface area contributed by atoms with Crippen molar-refractivity contribution in [2.45, 2.75) is 19.3 Å². The van der Waals surface area contributed by atoms with Gasteiger partial charge >= 0.3 is 0 Å². The van der Waals surface area contributed by atoms with Crippen LogP contribution in [0.4, 0.5) is 0 Å². The number of allylic oxidation sites excluding steroid dienone is 2. The van der Waals surface area contributed by atoms with Gasteiger partial charge in [-0.3, -0.25) is 4.79 Å². The van der Waals surface area contributed by atoms with Crippen LogP contribution in [0, 0.1) is 0 Å². The molecule has 2 aromatic carbocycles. The molecule has 1 heteroatoms. The molecule has 0 unspecified atom stereocenters. The van der Waals surface area contributed by atoms with Crippen molar-refractivity contribution in [1.29, 1.82) is 0 Å². The predicted octanol–water partition coefficient (Wildman–Crippen LogP) is 4.91. The lowest BCUT2D eigenvalue weighted by Gasteiger charge is -2.17. The molecule has 0 aliphatic heterocycles. The zero-order valence-electron chi connectivity index (χ0n) is 12.0. The Hall–Kier alpha value is -2.41. The summed E-state index contributed by atoms with van der Waals surface area (Å²) < 4.78 is 0. The summed E-state index contributed by atoms with van der Waals surface area (Å²) in [5.41, 5.74) is 4.26. The summed E-state index contributed by atoms with van der Waals surface area (Å²) in [6, 6.07) is 20.3. The number of carbonyl (C=O) groups is 1. The molecule has 0 saturated heterocycles. The second-order valence-corrected chi connectivity index (χ2v) is 5.33. The molecular weight excluding hydrogens is 256 g/mol. The Kier molecular flexibility index (Phi) is 4.11. The molecule has 1 nitrogen and oxygen atoms in total. The van der Waals surface area contributed by atoms with Gasteiger partial charge in [-0.1, -0.05) is 66.7 Å². The van der Waals surface area contributed by atoms with Gasteiger partial charge in [-0.05, 0) is 35.6 Å². The standard InChI is InChI=1S/C20H18O/c21-20-13-7-12-18(14-16-8-3-1-4-9-16)19(20)15-17-10-5-2-6-11-17/h1-6,8-11,14-15H,7,12-13H2/b18-14-,19-15-. The predicted molar refractivity (Wildman–Crippen MR) is 87.7 cm³/mol. The molecular formula is C20H18O. The first kappa shape index (κ1) is 13.6. The molecule has 21 heavy (non-hydrogen) atoms. The smallest absolute Gasteiger partial charge is 0.163 e. The first-order chi connectivity index (χ1) is 10.3. The lowest BCUT2D eigenvalue weighted by atomic mass is 9.86. The van der Waals surface area contributed by atoms with Crippen molar-refractivity contribution in [3.8, 4) is 0 Å². The highest BCUT2D eigenvalue weighted by atomic mass is 16.1. The summed E-state index contributed by atoms with van der Waals surface area (Å²) in [5, 5.41) is 0. The van der Waals surface area contributed by atoms with Crippen molar-refractivity contribution in [2.75, 3.05) is 0 Å². The maximum absolute atomic E-state index is 12.3. The average molecular weight is 274 g/mol. The molecule has 2 aromatic rings. The van der Waals surface area contributed by atoms with Gasteiger partial charge in [-0.2, -0.15) is 0 Å². The van der Waals surface area contributed by atoms with Crippen LogP contribution in [0.1, 0.15) is 30.4 Å². The Balaban J connectivity index is 1.99. The Morgan fingerprint density at radius 1 is 0.714 bits per heavy atom. The van der Waals surface area contributed by atoms with Crippen LogP contribution in [0.3, 0.4) is 0 Å². The summed E-state index contributed by atoms with van der Waals surface area (Å²) in [6.07, 6.45) is 6.75. The quantitative estimate of drug-likeness (QED) is 0.711. The molecule has 0 spiro atoms. The molecule has 1 saturated carbocycles. The maximum atomic E-state index is 12.3. The van der Waals surface area contributed by atoms with E-state index in [-0.39, 0.29) is 5.78 Å². The Bertz CT molecular complexity index is 678. The zero-order chi connectivity index (χ0) is 14.5. The fourth-order valence-corrected chi connectivity index (χ4v) is 2.68. The first-order valence-electron chi connectivity index (χ1n) is 7.39. The van der Waals surface area contributed by atoms with E-state index in [1.165, 1.54) is 0 Å². The molecule has 0 radical (unpaired) electrons. The van der Waals surface area contributed by atoms with E-state index in [4.69, 9.17) is 0 Å². The lowest BCUT2D eigenvalue weighted by molar-refractivity contribution is -0.115. The Morgan fingerprint density at radius 2 is 1.29 bits per heavy atom. The molecule has 1 aliphatic rings. The summed E-state index contributed by atoms with van der Waals surface area (Å²) in [6.45, 7) is 0. The van der Waals surface area contributed by atoms with Gasteiger partial charge in [0.05, 0.1) is 0 Å². The summed E-state index contributed by atoms with van der Waals surface area (Å²) in [5.74, 6) is 0.257. The summed E-state index contributed by atoms with van der Waals surface area (Å²) in [7, 11) is 0. The molecule has 1 aliphatic carbocycles. The van der Waals surface area contributed by atoms with Gasteiger partial charge in [0.15, 0.2) is 5.78 Å². The molecule has 0 N–H and O–H groups in total. The Morgan fingerprint density at radius 3 is 1.90 bits per heavy atom. The van der Waals surface area contributed by atoms with Crippen molar-refractivity contribution < 1.29 is 4.79 Å². The van der Waals surface area contributed by atoms with Gasteiger partial charge in [0.25, 0.3) is 0 Å². The van der Waals surface area contributed by atoms with E-state index in [0.29, 0.717) is 6.42 Å². The number of rotatable bonds is 2. The lowest BCUT2D eigenvalue weighted by Crippen LogP contribution is -2.11. The highest BCUT2D eigenvalue weighted by Crippen LogP contribution is 2.29. The van der Waals surface area contributed by atoms with Crippen LogP contribution in [-0.2, 0) is 4.79 Å². The van der Waals surface area contributed by atoms with Gasteiger partial charge < -0.3 is 0 Å². The highest BCUT2D eigenvalue weighted by Gasteiger charge is 2.19. The van der Waals surface area contributed by atoms with E-state index in [1.807, 2.05) is 54.6 Å². The van der Waals surface area contributed by atoms with Gasteiger partial charge in [-0.25, -0.2) is 0 Å². The topological polar surface area (TPSA) is 17.1 Å². The SMILES string of the molecule is O=C1CCCC(=C/c2ccccc2)/C1=C/c1ccccc1. The second kappa shape index (κ2) is 6.36. The maximum Gasteiger partial charge on any atom is 0.163 e. The van der Waals surface area contributed by atoms with Gasteiger partial charge in [0.2, 0.25) is 0 Å². The van der Waals surface area contributed by atoms with E-state index in [2.05, 4.69) is 18.2 Å². The second-order valence-electron chi connectivity index (χ2n) is 5.33. The molecule has 0 aromatic heterocycles. The van der Waals surface area contributed by atoms with Crippen LogP contribution in [0.5, 0.6) is 0 Å². The van der Waals surface area contributed by atoms with Crippen molar-refractivity contribution >= 4 is 17.9 Å². The van der Waals surface area contributed by atoms with Crippen LogP contribution >= 0.6 is 0 Å². The summed E-state index contributed by atoms with van der Waals surface area (Å²) >= 11 is 0. The molecule has 0 atom stereocenters. The molecule has 1 fully saturated rings. The number of Topliss-reactive ketones (excluding diaryl/α,β-unsaturated/α-hetero) is 1. The van der Waals surface area contributed by atoms with Crippen LogP contribution in [0.15, 0.2) is 71.8 Å². The molecule has 0 amide bonds. The van der Waals surface area contributed by atoms with Crippen molar-refractivity contribution in [2.24, 2.45) is 0 Å². The largest absolute Gasteiger partial charge is 0.294 e. The fraction of sp³-hybridized carbons (Fsp3) is 0.150. The Labute approximate surface area is 125 Å². The number of carbonyl (C=O) groups excluding carboxylic acids is 1. The fourth-order valence-electron chi connectivity index (χ4n) is 2.68. The number of benzene rings is 2. The van der Waals surface area contributed by atoms with E-state index in [0.717, 1.165) is 35.1 Å². The monoisotopic (exact) mass is 274 g/mol. The van der Waals surface area contributed by atoms with E-state index in [1.54, 1.807) is 0 Å². The third-order valence-corrected chi connectivity index (χ3v) is 3.75. The normalized spacial score (nSPS) is 19.1. The average Bonchev–Trinajstić information content (AvgIpc) is 2.53. The zero-order valence-corrected chi connectivity index (χ0v) is 12.0. The molecule has 3 rings (SSSR count). The molecule has 0 heterocycles. The summed E-state index contributed by atoms with van der Waals surface area (Å²) in [4.78, 5) is 12.3. The molecule has 0 bridgehead atoms. The van der Waals surface area contributed by atoms with Crippen LogP contribution < -0.4 is 0 Å². The van der Waals surface area contributed by atoms with E-state index in [9.17, 15) is 4.79 Å². The van der Waals surface area contributed by atoms with E-state index < -0.39 is 0 Å². The number of ketones is 1. The third-order valence-electron chi connectivity index (χ3n) is 3.75. The van der Waals surface area contributed by atoms with E-state index >= 15 is 0 Å². The van der Waals surface area contributed by atoms with Crippen molar-refractivity contribution in [1.82, 2.24) is 0 Å². The first-order valence-corrected chi connectivity index (χ1v) is 7.39. The van der Waals surface area contributed by atoms with Gasteiger partial charge in [0, 0.05) is 12.0 Å². The van der Waals surface area contributed by atoms with Crippen molar-refractivity contribution in [3.63, 3.8) is 0 Å². The highest BCUT2D eigenvalue weighted by molar-refractivity contribution is 6.05. The number of hydrogen-bond donors (Lipinski definition) is 0. The van der Waals surface area contributed by atoms with Crippen molar-refractivity contribution in [3.05, 3.63) is 82.9 Å².